The van der Waals surface area contributed by atoms with Crippen molar-refractivity contribution >= 4 is 13.2 Å². The van der Waals surface area contributed by atoms with Crippen LogP contribution in [0.4, 0.5) is 0 Å². The van der Waals surface area contributed by atoms with Crippen molar-refractivity contribution in [2.45, 2.75) is 38.9 Å². The summed E-state index contributed by atoms with van der Waals surface area (Å²) in [5.41, 5.74) is 1.05. The summed E-state index contributed by atoms with van der Waals surface area (Å²) in [6, 6.07) is 3.71. The molecule has 0 radical (unpaired) electrons. The summed E-state index contributed by atoms with van der Waals surface area (Å²) in [6.07, 6.45) is 1.99. The van der Waals surface area contributed by atoms with Crippen LogP contribution in [0.15, 0.2) is 17.6 Å². The number of nitrogens with zero attached hydrogens (tertiary/aromatic N) is 1. The van der Waals surface area contributed by atoms with Crippen molar-refractivity contribution in [1.29, 1.82) is 0 Å². The molecular formula is C17H27BN2O4. The molecule has 1 aromatic heterocycles. The molecule has 24 heavy (non-hydrogen) atoms. The first kappa shape index (κ1) is 18.8. The third-order valence-electron chi connectivity index (χ3n) is 4.54. The molecule has 1 aromatic rings. The van der Waals surface area contributed by atoms with Gasteiger partial charge in [-0.15, -0.1) is 0 Å². The van der Waals surface area contributed by atoms with Gasteiger partial charge in [-0.1, -0.05) is 6.08 Å². The van der Waals surface area contributed by atoms with E-state index in [0.717, 1.165) is 11.0 Å². The molecule has 0 aliphatic carbocycles. The number of hydrogen-bond acceptors (Lipinski definition) is 6. The van der Waals surface area contributed by atoms with E-state index in [4.69, 9.17) is 18.8 Å². The smallest absolute Gasteiger partial charge is 0.481 e. The van der Waals surface area contributed by atoms with Crippen LogP contribution in [0.25, 0.3) is 6.08 Å². The van der Waals surface area contributed by atoms with E-state index in [1.165, 1.54) is 0 Å². The van der Waals surface area contributed by atoms with Crippen LogP contribution >= 0.6 is 0 Å². The van der Waals surface area contributed by atoms with Crippen LogP contribution in [0, 0.1) is 0 Å². The fourth-order valence-corrected chi connectivity index (χ4v) is 2.42. The Hall–Kier alpha value is -1.57. The molecule has 0 amide bonds. The quantitative estimate of drug-likeness (QED) is 0.806. The molecule has 0 unspecified atom stereocenters. The molecule has 0 saturated carbocycles. The van der Waals surface area contributed by atoms with Gasteiger partial charge in [0, 0.05) is 18.2 Å². The first-order valence-corrected chi connectivity index (χ1v) is 8.04. The van der Waals surface area contributed by atoms with Crippen molar-refractivity contribution in [3.8, 4) is 11.8 Å². The highest BCUT2D eigenvalue weighted by Crippen LogP contribution is 2.39. The fraction of sp³-hybridized carbons (Fsp3) is 0.588. The summed E-state index contributed by atoms with van der Waals surface area (Å²) in [7, 11) is 4.64. The topological polar surface area (TPSA) is 61.8 Å². The number of ether oxygens (including phenoxy) is 2. The van der Waals surface area contributed by atoms with Gasteiger partial charge < -0.3 is 24.1 Å². The highest BCUT2D eigenvalue weighted by atomic mass is 16.7. The molecule has 6 nitrogen and oxygen atoms in total. The van der Waals surface area contributed by atoms with Gasteiger partial charge in [-0.2, -0.15) is 4.98 Å². The average Bonchev–Trinajstić information content (AvgIpc) is 2.75. The Morgan fingerprint density at radius 2 is 1.79 bits per heavy atom. The second-order valence-electron chi connectivity index (χ2n) is 6.79. The minimum atomic E-state index is -0.422. The normalized spacial score (nSPS) is 19.5. The Kier molecular flexibility index (Phi) is 5.57. The first-order valence-electron chi connectivity index (χ1n) is 8.04. The van der Waals surface area contributed by atoms with Crippen LogP contribution in [-0.2, 0) is 9.31 Å². The Morgan fingerprint density at radius 3 is 2.29 bits per heavy atom. The van der Waals surface area contributed by atoms with Crippen molar-refractivity contribution in [1.82, 2.24) is 10.3 Å². The van der Waals surface area contributed by atoms with E-state index < -0.39 is 7.12 Å². The van der Waals surface area contributed by atoms with Gasteiger partial charge in [0.05, 0.1) is 25.4 Å². The largest absolute Gasteiger partial charge is 0.491 e. The maximum atomic E-state index is 6.15. The lowest BCUT2D eigenvalue weighted by atomic mass is 9.77. The summed E-state index contributed by atoms with van der Waals surface area (Å²) < 4.78 is 22.8. The van der Waals surface area contributed by atoms with E-state index in [2.05, 4.69) is 10.3 Å². The van der Waals surface area contributed by atoms with E-state index in [1.807, 2.05) is 46.9 Å². The summed E-state index contributed by atoms with van der Waals surface area (Å²) in [5.74, 6) is 1.01. The Bertz CT molecular complexity index is 601. The number of nitrogens with one attached hydrogen (secondary N) is 1. The van der Waals surface area contributed by atoms with E-state index in [1.54, 1.807) is 20.3 Å². The first-order chi connectivity index (χ1) is 11.2. The number of methoxy groups -OCH3 is 2. The van der Waals surface area contributed by atoms with Crippen LogP contribution in [0.3, 0.4) is 0 Å². The molecule has 1 aliphatic heterocycles. The highest BCUT2D eigenvalue weighted by Gasteiger charge is 2.52. The molecular weight excluding hydrogens is 307 g/mol. The lowest BCUT2D eigenvalue weighted by molar-refractivity contribution is 0.00578. The monoisotopic (exact) mass is 334 g/mol. The van der Waals surface area contributed by atoms with Gasteiger partial charge >= 0.3 is 7.12 Å². The minimum absolute atomic E-state index is 0.382. The summed E-state index contributed by atoms with van der Waals surface area (Å²) >= 11 is 0. The van der Waals surface area contributed by atoms with Crippen LogP contribution in [0.2, 0.25) is 0 Å². The van der Waals surface area contributed by atoms with Crippen LogP contribution in [-0.4, -0.2) is 51.1 Å². The van der Waals surface area contributed by atoms with E-state index in [-0.39, 0.29) is 11.2 Å². The standard InChI is InChI=1S/C17H27BN2O4/c1-16(2)17(3,4)24-18(23-16)13(11-19-5)10-12-8-9-14(21-6)20-15(12)22-7/h8-10,19H,11H2,1-7H3. The molecule has 0 spiro atoms. The predicted molar refractivity (Wildman–Crippen MR) is 95.3 cm³/mol. The molecule has 1 N–H and O–H groups in total. The predicted octanol–water partition coefficient (Wildman–Crippen LogP) is 2.33. The van der Waals surface area contributed by atoms with Crippen molar-refractivity contribution < 1.29 is 18.8 Å². The number of hydrogen-bond donors (Lipinski definition) is 1. The van der Waals surface area contributed by atoms with Crippen molar-refractivity contribution in [2.24, 2.45) is 0 Å². The SMILES string of the molecule is CNCC(=Cc1ccc(OC)nc1OC)B1OC(C)(C)C(C)(C)O1. The lowest BCUT2D eigenvalue weighted by Crippen LogP contribution is -2.41. The van der Waals surface area contributed by atoms with Crippen molar-refractivity contribution in [3.05, 3.63) is 23.2 Å². The minimum Gasteiger partial charge on any atom is -0.481 e. The van der Waals surface area contributed by atoms with Gasteiger partial charge in [-0.3, -0.25) is 0 Å². The van der Waals surface area contributed by atoms with Crippen LogP contribution < -0.4 is 14.8 Å². The average molecular weight is 334 g/mol. The molecule has 0 bridgehead atoms. The molecule has 0 aromatic carbocycles. The lowest BCUT2D eigenvalue weighted by Gasteiger charge is -2.32. The number of aromatic nitrogens is 1. The fourth-order valence-electron chi connectivity index (χ4n) is 2.42. The zero-order chi connectivity index (χ0) is 18.0. The van der Waals surface area contributed by atoms with E-state index >= 15 is 0 Å². The summed E-state index contributed by atoms with van der Waals surface area (Å²) in [6.45, 7) is 8.80. The second-order valence-corrected chi connectivity index (χ2v) is 6.79. The molecule has 2 rings (SSSR count). The van der Waals surface area contributed by atoms with Crippen molar-refractivity contribution in [2.75, 3.05) is 27.8 Å². The third-order valence-corrected chi connectivity index (χ3v) is 4.54. The molecule has 1 aliphatic rings. The Morgan fingerprint density at radius 1 is 1.17 bits per heavy atom. The highest BCUT2D eigenvalue weighted by molar-refractivity contribution is 6.56. The third kappa shape index (κ3) is 3.74. The van der Waals surface area contributed by atoms with Gasteiger partial charge in [0.2, 0.25) is 11.8 Å². The van der Waals surface area contributed by atoms with E-state index in [0.29, 0.717) is 18.3 Å². The zero-order valence-electron chi connectivity index (χ0n) is 15.6. The maximum Gasteiger partial charge on any atom is 0.491 e. The summed E-state index contributed by atoms with van der Waals surface area (Å²) in [4.78, 5) is 4.32. The summed E-state index contributed by atoms with van der Waals surface area (Å²) in [5, 5.41) is 3.17. The van der Waals surface area contributed by atoms with Gasteiger partial charge in [-0.25, -0.2) is 0 Å². The number of rotatable bonds is 6. The molecule has 7 heteroatoms. The molecule has 1 saturated heterocycles. The second kappa shape index (κ2) is 7.13. The molecule has 0 atom stereocenters. The Labute approximate surface area is 144 Å². The number of likely N-dealkylation sites (N-methyl/N-ethyl adjacent to an activating group) is 1. The zero-order valence-corrected chi connectivity index (χ0v) is 15.6. The van der Waals surface area contributed by atoms with Gasteiger partial charge in [0.15, 0.2) is 0 Å². The van der Waals surface area contributed by atoms with Crippen molar-refractivity contribution in [3.63, 3.8) is 0 Å². The van der Waals surface area contributed by atoms with Gasteiger partial charge in [-0.05, 0) is 46.3 Å². The maximum absolute atomic E-state index is 6.15. The number of pyridine rings is 1. The molecule has 2 heterocycles. The molecule has 1 fully saturated rings. The van der Waals surface area contributed by atoms with Crippen LogP contribution in [0.1, 0.15) is 33.3 Å². The van der Waals surface area contributed by atoms with Crippen LogP contribution in [0.5, 0.6) is 11.8 Å². The Balaban J connectivity index is 2.36. The van der Waals surface area contributed by atoms with Gasteiger partial charge in [0.25, 0.3) is 0 Å². The van der Waals surface area contributed by atoms with E-state index in [9.17, 15) is 0 Å². The molecule has 132 valence electrons. The van der Waals surface area contributed by atoms with Gasteiger partial charge in [0.1, 0.15) is 0 Å².